The molecule has 8 nitrogen and oxygen atoms in total. The molecule has 1 aliphatic heterocycles. The Labute approximate surface area is 168 Å². The number of nitrogens with one attached hydrogen (secondary N) is 1. The first kappa shape index (κ1) is 20.7. The lowest BCUT2D eigenvalue weighted by molar-refractivity contribution is -0.116. The van der Waals surface area contributed by atoms with Crippen molar-refractivity contribution in [2.75, 3.05) is 26.0 Å². The number of ether oxygens (including phenoxy) is 1. The van der Waals surface area contributed by atoms with Gasteiger partial charge < -0.3 is 10.1 Å². The molecule has 0 saturated carbocycles. The lowest BCUT2D eigenvalue weighted by atomic mass is 9.99. The molecule has 3 rings (SSSR count). The highest BCUT2D eigenvalue weighted by molar-refractivity contribution is 7.89. The molecular formula is C20H20N2O6S. The maximum atomic E-state index is 12.4. The van der Waals surface area contributed by atoms with E-state index in [9.17, 15) is 22.8 Å². The van der Waals surface area contributed by atoms with Crippen LogP contribution < -0.4 is 5.32 Å². The van der Waals surface area contributed by atoms with Crippen molar-refractivity contribution >= 4 is 33.4 Å². The van der Waals surface area contributed by atoms with E-state index in [1.807, 2.05) is 0 Å². The Kier molecular flexibility index (Phi) is 5.54. The van der Waals surface area contributed by atoms with Crippen molar-refractivity contribution in [3.05, 3.63) is 59.2 Å². The average Bonchev–Trinajstić information content (AvgIpc) is 2.99. The second-order valence-corrected chi connectivity index (χ2v) is 8.98. The lowest BCUT2D eigenvalue weighted by Gasteiger charge is -2.12. The zero-order chi connectivity index (χ0) is 21.3. The number of carbonyl (C=O) groups is 3. The average molecular weight is 416 g/mol. The van der Waals surface area contributed by atoms with Gasteiger partial charge in [0.1, 0.15) is 0 Å². The lowest BCUT2D eigenvalue weighted by Crippen LogP contribution is -2.22. The molecule has 1 aliphatic rings. The summed E-state index contributed by atoms with van der Waals surface area (Å²) in [5, 5.41) is 2.72. The van der Waals surface area contributed by atoms with E-state index >= 15 is 0 Å². The monoisotopic (exact) mass is 416 g/mol. The number of fused-ring (bicyclic) bond motifs is 1. The molecule has 1 amide bonds. The van der Waals surface area contributed by atoms with Gasteiger partial charge in [-0.3, -0.25) is 9.59 Å². The van der Waals surface area contributed by atoms with E-state index in [0.29, 0.717) is 16.8 Å². The molecule has 0 unspecified atom stereocenters. The van der Waals surface area contributed by atoms with E-state index in [2.05, 4.69) is 5.32 Å². The summed E-state index contributed by atoms with van der Waals surface area (Å²) in [6.45, 7) is 1.24. The van der Waals surface area contributed by atoms with Gasteiger partial charge in [0, 0.05) is 25.3 Å². The van der Waals surface area contributed by atoms with Crippen molar-refractivity contribution in [1.82, 2.24) is 4.31 Å². The fourth-order valence-electron chi connectivity index (χ4n) is 2.88. The summed E-state index contributed by atoms with van der Waals surface area (Å²) in [4.78, 5) is 36.3. The molecule has 0 spiro atoms. The smallest absolute Gasteiger partial charge is 0.338 e. The maximum Gasteiger partial charge on any atom is 0.338 e. The second-order valence-electron chi connectivity index (χ2n) is 6.83. The maximum absolute atomic E-state index is 12.4. The van der Waals surface area contributed by atoms with E-state index in [4.69, 9.17) is 4.74 Å². The zero-order valence-corrected chi connectivity index (χ0v) is 16.9. The van der Waals surface area contributed by atoms with Crippen LogP contribution in [0.1, 0.15) is 39.1 Å². The Morgan fingerprint density at radius 1 is 1.10 bits per heavy atom. The third-order valence-electron chi connectivity index (χ3n) is 4.67. The number of rotatable bonds is 6. The Balaban J connectivity index is 1.70. The predicted octanol–water partition coefficient (Wildman–Crippen LogP) is 2.03. The number of ketones is 1. The minimum absolute atomic E-state index is 0.0260. The minimum atomic E-state index is -3.70. The third kappa shape index (κ3) is 4.06. The van der Waals surface area contributed by atoms with E-state index in [0.717, 1.165) is 4.31 Å². The summed E-state index contributed by atoms with van der Waals surface area (Å²) in [6.07, 6.45) is 0. The van der Waals surface area contributed by atoms with Gasteiger partial charge in [-0.2, -0.15) is 0 Å². The summed E-state index contributed by atoms with van der Waals surface area (Å²) in [5.41, 5.74) is 1.73. The molecule has 1 N–H and O–H groups in total. The first-order valence-electron chi connectivity index (χ1n) is 8.79. The molecule has 0 saturated heterocycles. The van der Waals surface area contributed by atoms with Crippen LogP contribution in [0.15, 0.2) is 47.4 Å². The van der Waals surface area contributed by atoms with Gasteiger partial charge in [-0.05, 0) is 48.9 Å². The van der Waals surface area contributed by atoms with Crippen LogP contribution in [-0.4, -0.2) is 51.1 Å². The van der Waals surface area contributed by atoms with Crippen LogP contribution >= 0.6 is 0 Å². The summed E-state index contributed by atoms with van der Waals surface area (Å²) in [5.74, 6) is -1.73. The number of esters is 1. The van der Waals surface area contributed by atoms with Crippen LogP contribution in [0.3, 0.4) is 0 Å². The molecule has 9 heteroatoms. The van der Waals surface area contributed by atoms with Gasteiger partial charge in [-0.1, -0.05) is 6.07 Å². The molecule has 0 radical (unpaired) electrons. The van der Waals surface area contributed by atoms with Crippen LogP contribution in [-0.2, 0) is 19.6 Å². The minimum Gasteiger partial charge on any atom is -0.454 e. The number of benzene rings is 2. The van der Waals surface area contributed by atoms with E-state index in [1.54, 1.807) is 25.1 Å². The number of hydrogen-bond donors (Lipinski definition) is 1. The van der Waals surface area contributed by atoms with Crippen molar-refractivity contribution < 1.29 is 27.5 Å². The second kappa shape index (κ2) is 7.76. The number of carbonyl (C=O) groups excluding carboxylic acids is 3. The van der Waals surface area contributed by atoms with Gasteiger partial charge >= 0.3 is 5.97 Å². The number of Topliss-reactive ketones (excluding diaryl/α,β-unsaturated/α-hetero) is 1. The van der Waals surface area contributed by atoms with Crippen molar-refractivity contribution in [3.8, 4) is 0 Å². The fourth-order valence-corrected chi connectivity index (χ4v) is 3.83. The molecule has 29 heavy (non-hydrogen) atoms. The van der Waals surface area contributed by atoms with Gasteiger partial charge in [0.05, 0.1) is 16.4 Å². The van der Waals surface area contributed by atoms with Crippen LogP contribution in [0.5, 0.6) is 0 Å². The summed E-state index contributed by atoms with van der Waals surface area (Å²) in [6, 6.07) is 10.2. The molecule has 2 aromatic carbocycles. The first-order chi connectivity index (χ1) is 13.6. The van der Waals surface area contributed by atoms with Crippen molar-refractivity contribution in [1.29, 1.82) is 0 Å². The normalized spacial score (nSPS) is 15.7. The largest absolute Gasteiger partial charge is 0.454 e. The van der Waals surface area contributed by atoms with Crippen molar-refractivity contribution in [2.45, 2.75) is 17.7 Å². The van der Waals surface area contributed by atoms with Gasteiger partial charge in [0.2, 0.25) is 15.9 Å². The standard InChI is InChI=1S/C20H20N2O6S/c1-12-16-10-13(7-8-17(16)21-19(12)24)18(23)11-28-20(25)14-5-4-6-15(9-14)29(26,27)22(2)3/h4-10,12H,11H2,1-3H3,(H,21,24)/t12-/m1/s1. The number of anilines is 1. The van der Waals surface area contributed by atoms with Gasteiger partial charge in [-0.15, -0.1) is 0 Å². The van der Waals surface area contributed by atoms with Crippen LogP contribution in [0.2, 0.25) is 0 Å². The van der Waals surface area contributed by atoms with Gasteiger partial charge in [0.15, 0.2) is 12.4 Å². The van der Waals surface area contributed by atoms with E-state index in [-0.39, 0.29) is 22.3 Å². The van der Waals surface area contributed by atoms with Crippen LogP contribution in [0.4, 0.5) is 5.69 Å². The zero-order valence-electron chi connectivity index (χ0n) is 16.1. The number of hydrogen-bond acceptors (Lipinski definition) is 6. The summed E-state index contributed by atoms with van der Waals surface area (Å²) in [7, 11) is -0.921. The molecule has 1 atom stereocenters. The van der Waals surface area contributed by atoms with Crippen LogP contribution in [0.25, 0.3) is 0 Å². The molecular weight excluding hydrogens is 396 g/mol. The molecule has 2 aromatic rings. The van der Waals surface area contributed by atoms with E-state index < -0.39 is 28.4 Å². The Morgan fingerprint density at radius 3 is 2.52 bits per heavy atom. The quantitative estimate of drug-likeness (QED) is 0.570. The van der Waals surface area contributed by atoms with Gasteiger partial charge in [-0.25, -0.2) is 17.5 Å². The van der Waals surface area contributed by atoms with Crippen LogP contribution in [0, 0.1) is 0 Å². The highest BCUT2D eigenvalue weighted by Crippen LogP contribution is 2.32. The molecule has 0 aliphatic carbocycles. The number of amides is 1. The predicted molar refractivity (Wildman–Crippen MR) is 105 cm³/mol. The molecule has 0 bridgehead atoms. The molecule has 0 fully saturated rings. The van der Waals surface area contributed by atoms with Crippen molar-refractivity contribution in [3.63, 3.8) is 0 Å². The van der Waals surface area contributed by atoms with E-state index in [1.165, 1.54) is 38.4 Å². The SMILES string of the molecule is C[C@H]1C(=O)Nc2ccc(C(=O)COC(=O)c3cccc(S(=O)(=O)N(C)C)c3)cc21. The highest BCUT2D eigenvalue weighted by atomic mass is 32.2. The number of nitrogens with zero attached hydrogens (tertiary/aromatic N) is 1. The van der Waals surface area contributed by atoms with Crippen molar-refractivity contribution in [2.24, 2.45) is 0 Å². The summed E-state index contributed by atoms with van der Waals surface area (Å²) >= 11 is 0. The molecule has 152 valence electrons. The molecule has 0 aromatic heterocycles. The first-order valence-corrected chi connectivity index (χ1v) is 10.2. The fraction of sp³-hybridized carbons (Fsp3) is 0.250. The Bertz CT molecular complexity index is 1110. The highest BCUT2D eigenvalue weighted by Gasteiger charge is 2.27. The summed E-state index contributed by atoms with van der Waals surface area (Å²) < 4.78 is 30.5. The number of sulfonamides is 1. The Morgan fingerprint density at radius 2 is 1.83 bits per heavy atom. The Hall–Kier alpha value is -3.04. The molecule has 1 heterocycles. The third-order valence-corrected chi connectivity index (χ3v) is 6.48. The topological polar surface area (TPSA) is 110 Å². The van der Waals surface area contributed by atoms with Gasteiger partial charge in [0.25, 0.3) is 0 Å².